The van der Waals surface area contributed by atoms with E-state index < -0.39 is 0 Å². The molecule has 5 atom stereocenters. The molecular weight excluding hydrogens is 388 g/mol. The fraction of sp³-hybridized carbons (Fsp3) is 0.545. The van der Waals surface area contributed by atoms with E-state index in [0.29, 0.717) is 19.6 Å². The molecule has 2 heterocycles. The number of hydrogen-bond donors (Lipinski definition) is 2. The number of amides is 1. The molecule has 0 aliphatic carbocycles. The first kappa shape index (κ1) is 22.0. The van der Waals surface area contributed by atoms with Gasteiger partial charge in [0.1, 0.15) is 17.6 Å². The summed E-state index contributed by atoms with van der Waals surface area (Å²) in [7, 11) is 1.65. The summed E-state index contributed by atoms with van der Waals surface area (Å²) < 4.78 is 18.4. The SMILES string of the molecule is CO[C@@H]1[C@@H](C=N)[C@H](Sc2ccccc2)O[C@@H]2CNC(=O)CC/C=C/CCCO[C@@H]12. The Hall–Kier alpha value is -1.67. The molecule has 1 aromatic rings. The van der Waals surface area contributed by atoms with Crippen molar-refractivity contribution in [1.29, 1.82) is 5.41 Å². The molecule has 0 aromatic heterocycles. The van der Waals surface area contributed by atoms with Gasteiger partial charge in [-0.15, -0.1) is 0 Å². The summed E-state index contributed by atoms with van der Waals surface area (Å²) in [4.78, 5) is 13.3. The number of carbonyl (C=O) groups excluding carboxylic acids is 1. The first-order valence-electron chi connectivity index (χ1n) is 10.2. The highest BCUT2D eigenvalue weighted by molar-refractivity contribution is 7.99. The zero-order valence-electron chi connectivity index (χ0n) is 16.8. The van der Waals surface area contributed by atoms with Crippen molar-refractivity contribution in [1.82, 2.24) is 5.32 Å². The number of carbonyl (C=O) groups is 1. The van der Waals surface area contributed by atoms with Crippen molar-refractivity contribution in [2.75, 3.05) is 20.3 Å². The fourth-order valence-electron chi connectivity index (χ4n) is 3.67. The molecule has 0 unspecified atom stereocenters. The van der Waals surface area contributed by atoms with Crippen molar-refractivity contribution in [2.24, 2.45) is 5.92 Å². The Kier molecular flexibility index (Phi) is 8.73. The highest BCUT2D eigenvalue weighted by Crippen LogP contribution is 2.38. The number of methoxy groups -OCH3 is 1. The van der Waals surface area contributed by atoms with Crippen LogP contribution in [0.4, 0.5) is 0 Å². The van der Waals surface area contributed by atoms with Gasteiger partial charge in [0.15, 0.2) is 0 Å². The van der Waals surface area contributed by atoms with E-state index in [4.69, 9.17) is 19.6 Å². The van der Waals surface area contributed by atoms with Gasteiger partial charge in [-0.05, 0) is 31.4 Å². The van der Waals surface area contributed by atoms with E-state index >= 15 is 0 Å². The van der Waals surface area contributed by atoms with E-state index in [1.165, 1.54) is 6.21 Å². The zero-order valence-corrected chi connectivity index (χ0v) is 17.6. The molecule has 2 aliphatic rings. The predicted molar refractivity (Wildman–Crippen MR) is 114 cm³/mol. The Morgan fingerprint density at radius 3 is 2.79 bits per heavy atom. The van der Waals surface area contributed by atoms with Gasteiger partial charge >= 0.3 is 0 Å². The van der Waals surface area contributed by atoms with Crippen LogP contribution in [-0.2, 0) is 19.0 Å². The van der Waals surface area contributed by atoms with Crippen LogP contribution in [-0.4, -0.2) is 56.1 Å². The van der Waals surface area contributed by atoms with Crippen LogP contribution < -0.4 is 5.32 Å². The van der Waals surface area contributed by atoms with E-state index in [-0.39, 0.29) is 35.6 Å². The lowest BCUT2D eigenvalue weighted by Gasteiger charge is -2.44. The van der Waals surface area contributed by atoms with Crippen LogP contribution in [0.2, 0.25) is 0 Å². The Morgan fingerprint density at radius 2 is 2.03 bits per heavy atom. The molecule has 6 nitrogen and oxygen atoms in total. The number of allylic oxidation sites excluding steroid dienone is 2. The van der Waals surface area contributed by atoms with Crippen LogP contribution in [0.15, 0.2) is 47.4 Å². The van der Waals surface area contributed by atoms with Gasteiger partial charge in [-0.1, -0.05) is 42.1 Å². The van der Waals surface area contributed by atoms with Crippen molar-refractivity contribution >= 4 is 23.9 Å². The van der Waals surface area contributed by atoms with Crippen molar-refractivity contribution in [3.63, 3.8) is 0 Å². The monoisotopic (exact) mass is 418 g/mol. The van der Waals surface area contributed by atoms with Crippen LogP contribution in [0.1, 0.15) is 25.7 Å². The highest BCUT2D eigenvalue weighted by Gasteiger charge is 2.46. The second kappa shape index (κ2) is 11.5. The van der Waals surface area contributed by atoms with Gasteiger partial charge in [-0.25, -0.2) is 0 Å². The number of thioether (sulfide) groups is 1. The van der Waals surface area contributed by atoms with Gasteiger partial charge in [0.2, 0.25) is 5.91 Å². The summed E-state index contributed by atoms with van der Waals surface area (Å²) in [6.45, 7) is 0.952. The quantitative estimate of drug-likeness (QED) is 0.579. The Balaban J connectivity index is 1.79. The minimum atomic E-state index is -0.343. The average Bonchev–Trinajstić information content (AvgIpc) is 2.76. The molecule has 0 spiro atoms. The van der Waals surface area contributed by atoms with E-state index in [0.717, 1.165) is 24.2 Å². The largest absolute Gasteiger partial charge is 0.378 e. The third-order valence-electron chi connectivity index (χ3n) is 5.18. The Bertz CT molecular complexity index is 685. The molecule has 2 aliphatic heterocycles. The number of nitrogens with one attached hydrogen (secondary N) is 2. The van der Waals surface area contributed by atoms with Gasteiger partial charge in [-0.3, -0.25) is 4.79 Å². The number of fused-ring (bicyclic) bond motifs is 1. The number of rotatable bonds is 4. The summed E-state index contributed by atoms with van der Waals surface area (Å²) in [6, 6.07) is 9.99. The molecule has 29 heavy (non-hydrogen) atoms. The first-order chi connectivity index (χ1) is 14.2. The normalized spacial score (nSPS) is 32.6. The fourth-order valence-corrected chi connectivity index (χ4v) is 4.84. The molecule has 1 amide bonds. The molecule has 0 saturated carbocycles. The van der Waals surface area contributed by atoms with Gasteiger partial charge in [0, 0.05) is 37.8 Å². The molecule has 7 heteroatoms. The maximum atomic E-state index is 12.2. The van der Waals surface area contributed by atoms with Crippen LogP contribution in [0.3, 0.4) is 0 Å². The first-order valence-corrected chi connectivity index (χ1v) is 11.0. The molecule has 0 bridgehead atoms. The Morgan fingerprint density at radius 1 is 1.24 bits per heavy atom. The summed E-state index contributed by atoms with van der Waals surface area (Å²) in [6.07, 6.45) is 7.58. The number of hydrogen-bond acceptors (Lipinski definition) is 6. The third-order valence-corrected chi connectivity index (χ3v) is 6.39. The van der Waals surface area contributed by atoms with Crippen molar-refractivity contribution in [3.8, 4) is 0 Å². The highest BCUT2D eigenvalue weighted by atomic mass is 32.2. The minimum Gasteiger partial charge on any atom is -0.378 e. The standard InChI is InChI=1S/C22H30N2O4S/c1-26-20-17(14-23)22(29-16-10-6-5-7-11-16)28-18-15-24-19(25)12-8-3-2-4-9-13-27-21(18)20/h2-3,5-7,10-11,14,17-18,20-23H,4,8-9,12-13,15H2,1H3,(H,24,25)/b3-2+,23-14?/t17-,18-,20-,21-,22+/m1/s1. The summed E-state index contributed by atoms with van der Waals surface area (Å²) in [5.41, 5.74) is -0.293. The van der Waals surface area contributed by atoms with E-state index in [1.54, 1.807) is 18.9 Å². The van der Waals surface area contributed by atoms with Crippen LogP contribution in [0, 0.1) is 11.3 Å². The lowest BCUT2D eigenvalue weighted by Crippen LogP contribution is -2.58. The molecule has 2 N–H and O–H groups in total. The van der Waals surface area contributed by atoms with Crippen molar-refractivity contribution in [2.45, 2.75) is 54.3 Å². The molecule has 1 saturated heterocycles. The third kappa shape index (κ3) is 6.15. The topological polar surface area (TPSA) is 80.6 Å². The van der Waals surface area contributed by atoms with Gasteiger partial charge in [0.05, 0.1) is 12.0 Å². The lowest BCUT2D eigenvalue weighted by molar-refractivity contribution is -0.188. The van der Waals surface area contributed by atoms with E-state index in [1.807, 2.05) is 30.3 Å². The second-order valence-electron chi connectivity index (χ2n) is 7.21. The minimum absolute atomic E-state index is 0.00616. The molecule has 1 aromatic carbocycles. The van der Waals surface area contributed by atoms with Crippen LogP contribution in [0.25, 0.3) is 0 Å². The summed E-state index contributed by atoms with van der Waals surface area (Å²) >= 11 is 1.57. The Labute approximate surface area is 176 Å². The molecular formula is C22H30N2O4S. The number of ether oxygens (including phenoxy) is 3. The molecule has 1 fully saturated rings. The zero-order chi connectivity index (χ0) is 20.5. The summed E-state index contributed by atoms with van der Waals surface area (Å²) in [5, 5.41) is 11.0. The van der Waals surface area contributed by atoms with Gasteiger partial charge < -0.3 is 24.9 Å². The van der Waals surface area contributed by atoms with Crippen LogP contribution in [0.5, 0.6) is 0 Å². The molecule has 0 radical (unpaired) electrons. The maximum Gasteiger partial charge on any atom is 0.220 e. The number of benzene rings is 1. The van der Waals surface area contributed by atoms with Crippen molar-refractivity contribution in [3.05, 3.63) is 42.5 Å². The van der Waals surface area contributed by atoms with Crippen LogP contribution >= 0.6 is 11.8 Å². The second-order valence-corrected chi connectivity index (χ2v) is 8.38. The predicted octanol–water partition coefficient (Wildman–Crippen LogP) is 3.42. The average molecular weight is 419 g/mol. The molecule has 158 valence electrons. The molecule has 3 rings (SSSR count). The van der Waals surface area contributed by atoms with Gasteiger partial charge in [0.25, 0.3) is 0 Å². The summed E-state index contributed by atoms with van der Waals surface area (Å²) in [5.74, 6) is -0.246. The maximum absolute atomic E-state index is 12.2. The van der Waals surface area contributed by atoms with Gasteiger partial charge in [-0.2, -0.15) is 0 Å². The van der Waals surface area contributed by atoms with E-state index in [9.17, 15) is 4.79 Å². The smallest absolute Gasteiger partial charge is 0.220 e. The lowest BCUT2D eigenvalue weighted by atomic mass is 9.92. The van der Waals surface area contributed by atoms with E-state index in [2.05, 4.69) is 17.5 Å². The van der Waals surface area contributed by atoms with Crippen molar-refractivity contribution < 1.29 is 19.0 Å².